The first-order valence-corrected chi connectivity index (χ1v) is 10.5. The number of benzene rings is 3. The van der Waals surface area contributed by atoms with Crippen molar-refractivity contribution in [3.05, 3.63) is 89.5 Å². The average molecular weight is 422 g/mol. The summed E-state index contributed by atoms with van der Waals surface area (Å²) in [7, 11) is 0. The summed E-state index contributed by atoms with van der Waals surface area (Å²) in [4.78, 5) is 17.4. The lowest BCUT2D eigenvalue weighted by Gasteiger charge is -2.46. The monoisotopic (exact) mass is 422 g/mol. The number of ether oxygens (including phenoxy) is 1. The van der Waals surface area contributed by atoms with Gasteiger partial charge in [-0.05, 0) is 47.9 Å². The van der Waals surface area contributed by atoms with Gasteiger partial charge < -0.3 is 10.5 Å². The number of nitrogens with two attached hydrogens (primary N) is 1. The van der Waals surface area contributed by atoms with Crippen molar-refractivity contribution in [2.75, 3.05) is 0 Å². The van der Waals surface area contributed by atoms with Gasteiger partial charge in [-0.3, -0.25) is 10.1 Å². The molecule has 2 aliphatic heterocycles. The van der Waals surface area contributed by atoms with Crippen molar-refractivity contribution in [1.82, 2.24) is 5.32 Å². The fourth-order valence-corrected chi connectivity index (χ4v) is 4.82. The first-order chi connectivity index (χ1) is 15.4. The van der Waals surface area contributed by atoms with Crippen LogP contribution in [0.3, 0.4) is 0 Å². The Balaban J connectivity index is 1.70. The number of hydrogen-bond donors (Lipinski definition) is 2. The number of nitrogens with one attached hydrogen (secondary N) is 1. The first kappa shape index (κ1) is 19.8. The third-order valence-corrected chi connectivity index (χ3v) is 6.21. The minimum atomic E-state index is -0.854. The molecule has 3 aromatic carbocycles. The summed E-state index contributed by atoms with van der Waals surface area (Å²) in [6.07, 6.45) is 0.640. The van der Waals surface area contributed by atoms with Crippen molar-refractivity contribution >= 4 is 11.9 Å². The molecule has 0 aromatic heterocycles. The Morgan fingerprint density at radius 2 is 1.84 bits per heavy atom. The molecule has 1 amide bonds. The van der Waals surface area contributed by atoms with Crippen molar-refractivity contribution in [3.63, 3.8) is 0 Å². The molecule has 158 valence electrons. The summed E-state index contributed by atoms with van der Waals surface area (Å²) >= 11 is 0. The van der Waals surface area contributed by atoms with Crippen molar-refractivity contribution in [1.29, 1.82) is 5.26 Å². The molecule has 32 heavy (non-hydrogen) atoms. The van der Waals surface area contributed by atoms with E-state index in [1.807, 2.05) is 73.7 Å². The largest absolute Gasteiger partial charge is 0.482 e. The average Bonchev–Trinajstić information content (AvgIpc) is 2.79. The van der Waals surface area contributed by atoms with Gasteiger partial charge in [0.15, 0.2) is 5.96 Å². The number of carbonyl (C=O) groups excluding carboxylic acids is 1. The Hall–Kier alpha value is -4.11. The maximum Gasteiger partial charge on any atom is 0.229 e. The van der Waals surface area contributed by atoms with Crippen LogP contribution in [0.4, 0.5) is 0 Å². The van der Waals surface area contributed by atoms with E-state index in [2.05, 4.69) is 11.4 Å². The molecule has 0 fully saturated rings. The van der Waals surface area contributed by atoms with Crippen LogP contribution in [0.15, 0.2) is 77.8 Å². The molecule has 0 aliphatic carbocycles. The molecule has 2 atom stereocenters. The van der Waals surface area contributed by atoms with Gasteiger partial charge >= 0.3 is 0 Å². The minimum absolute atomic E-state index is 0.112. The maximum atomic E-state index is 12.6. The van der Waals surface area contributed by atoms with Gasteiger partial charge in [-0.15, -0.1) is 0 Å². The molecule has 1 spiro atoms. The second-order valence-corrected chi connectivity index (χ2v) is 8.53. The number of fused-ring (bicyclic) bond motifs is 2. The predicted octanol–water partition coefficient (Wildman–Crippen LogP) is 3.95. The molecule has 2 aliphatic rings. The number of guanidine groups is 1. The standard InChI is InChI=1S/C26H22N4O2/c1-25(20-8-3-2-4-9-20)16-26(14-23(31)29-24(28)30-26)21-13-19(10-11-22(21)32-25)18-7-5-6-17(12-18)15-27/h2-13H,14,16H2,1H3,(H3,28,29,30,31)/t25-,26?/m1/s1. The van der Waals surface area contributed by atoms with E-state index in [4.69, 9.17) is 15.5 Å². The normalized spacial score (nSPS) is 24.0. The number of hydrogen-bond acceptors (Lipinski definition) is 5. The fraction of sp³-hybridized carbons (Fsp3) is 0.192. The van der Waals surface area contributed by atoms with Gasteiger partial charge in [-0.25, -0.2) is 4.99 Å². The third kappa shape index (κ3) is 3.28. The molecule has 0 saturated heterocycles. The zero-order valence-electron chi connectivity index (χ0n) is 17.6. The lowest BCUT2D eigenvalue weighted by atomic mass is 9.72. The van der Waals surface area contributed by atoms with E-state index in [9.17, 15) is 10.1 Å². The SMILES string of the molecule is C[C@]1(c2ccccc2)CC2(CC(=O)NC(N)=N2)c2cc(-c3cccc(C#N)c3)ccc2O1. The summed E-state index contributed by atoms with van der Waals surface area (Å²) in [5.74, 6) is 0.619. The van der Waals surface area contributed by atoms with Gasteiger partial charge in [0, 0.05) is 12.0 Å². The highest BCUT2D eigenvalue weighted by atomic mass is 16.5. The quantitative estimate of drug-likeness (QED) is 0.653. The highest BCUT2D eigenvalue weighted by molar-refractivity contribution is 5.99. The van der Waals surface area contributed by atoms with Gasteiger partial charge in [0.1, 0.15) is 16.9 Å². The van der Waals surface area contributed by atoms with Gasteiger partial charge in [0.2, 0.25) is 5.91 Å². The molecule has 3 N–H and O–H groups in total. The van der Waals surface area contributed by atoms with Crippen molar-refractivity contribution in [2.45, 2.75) is 30.9 Å². The number of amides is 1. The summed E-state index contributed by atoms with van der Waals surface area (Å²) in [6.45, 7) is 2.02. The number of nitriles is 1. The molecule has 6 heteroatoms. The molecule has 0 saturated carbocycles. The van der Waals surface area contributed by atoms with Crippen LogP contribution in [0.25, 0.3) is 11.1 Å². The van der Waals surface area contributed by atoms with Crippen molar-refractivity contribution < 1.29 is 9.53 Å². The van der Waals surface area contributed by atoms with E-state index in [1.165, 1.54) is 0 Å². The van der Waals surface area contributed by atoms with Gasteiger partial charge in [0.05, 0.1) is 18.1 Å². The van der Waals surface area contributed by atoms with Crippen LogP contribution in [-0.2, 0) is 15.9 Å². The van der Waals surface area contributed by atoms with Crippen LogP contribution in [0.5, 0.6) is 5.75 Å². The van der Waals surface area contributed by atoms with E-state index < -0.39 is 11.1 Å². The topological polar surface area (TPSA) is 101 Å². The summed E-state index contributed by atoms with van der Waals surface area (Å²) in [5, 5.41) is 11.9. The number of aliphatic imine (C=N–C) groups is 1. The fourth-order valence-electron chi connectivity index (χ4n) is 4.82. The predicted molar refractivity (Wildman–Crippen MR) is 122 cm³/mol. The van der Waals surface area contributed by atoms with Crippen molar-refractivity contribution in [3.8, 4) is 22.9 Å². The van der Waals surface area contributed by atoms with E-state index in [0.717, 1.165) is 22.3 Å². The zero-order chi connectivity index (χ0) is 22.3. The molecule has 6 nitrogen and oxygen atoms in total. The number of nitrogens with zero attached hydrogens (tertiary/aromatic N) is 2. The molecule has 5 rings (SSSR count). The zero-order valence-corrected chi connectivity index (χ0v) is 17.6. The van der Waals surface area contributed by atoms with Crippen molar-refractivity contribution in [2.24, 2.45) is 10.7 Å². The van der Waals surface area contributed by atoms with Gasteiger partial charge in [0.25, 0.3) is 0 Å². The Morgan fingerprint density at radius 3 is 2.59 bits per heavy atom. The summed E-state index contributed by atoms with van der Waals surface area (Å²) in [6, 6.07) is 25.5. The lowest BCUT2D eigenvalue weighted by Crippen LogP contribution is -2.52. The van der Waals surface area contributed by atoms with E-state index in [-0.39, 0.29) is 18.3 Å². The third-order valence-electron chi connectivity index (χ3n) is 6.21. The Labute approximate surface area is 186 Å². The molecule has 3 aromatic rings. The highest BCUT2D eigenvalue weighted by Crippen LogP contribution is 2.52. The van der Waals surface area contributed by atoms with Crippen LogP contribution >= 0.6 is 0 Å². The molecule has 0 radical (unpaired) electrons. The molecule has 2 heterocycles. The molecule has 1 unspecified atom stereocenters. The molecule has 0 bridgehead atoms. The Kier molecular flexibility index (Phi) is 4.49. The van der Waals surface area contributed by atoms with Crippen LogP contribution in [0.2, 0.25) is 0 Å². The van der Waals surface area contributed by atoms with Crippen LogP contribution in [-0.4, -0.2) is 11.9 Å². The summed E-state index contributed by atoms with van der Waals surface area (Å²) < 4.78 is 6.55. The minimum Gasteiger partial charge on any atom is -0.482 e. The summed E-state index contributed by atoms with van der Waals surface area (Å²) in [5.41, 5.74) is 8.76. The van der Waals surface area contributed by atoms with E-state index >= 15 is 0 Å². The number of rotatable bonds is 2. The second kappa shape index (κ2) is 7.24. The second-order valence-electron chi connectivity index (χ2n) is 8.53. The Morgan fingerprint density at radius 1 is 1.06 bits per heavy atom. The molecular formula is C26H22N4O2. The van der Waals surface area contributed by atoms with Crippen LogP contribution in [0, 0.1) is 11.3 Å². The van der Waals surface area contributed by atoms with Gasteiger partial charge in [-0.2, -0.15) is 5.26 Å². The highest BCUT2D eigenvalue weighted by Gasteiger charge is 2.51. The number of carbonyl (C=O) groups is 1. The first-order valence-electron chi connectivity index (χ1n) is 10.5. The smallest absolute Gasteiger partial charge is 0.229 e. The maximum absolute atomic E-state index is 12.6. The Bertz CT molecular complexity index is 1290. The molecular weight excluding hydrogens is 400 g/mol. The van der Waals surface area contributed by atoms with Gasteiger partial charge in [-0.1, -0.05) is 48.5 Å². The van der Waals surface area contributed by atoms with Crippen LogP contribution < -0.4 is 15.8 Å². The van der Waals surface area contributed by atoms with Crippen LogP contribution in [0.1, 0.15) is 36.5 Å². The lowest BCUT2D eigenvalue weighted by molar-refractivity contribution is -0.122. The van der Waals surface area contributed by atoms with E-state index in [0.29, 0.717) is 17.7 Å². The van der Waals surface area contributed by atoms with E-state index in [1.54, 1.807) is 6.07 Å².